The van der Waals surface area contributed by atoms with E-state index >= 15 is 0 Å². The minimum absolute atomic E-state index is 0.117. The van der Waals surface area contributed by atoms with Crippen molar-refractivity contribution in [3.63, 3.8) is 0 Å². The summed E-state index contributed by atoms with van der Waals surface area (Å²) in [4.78, 5) is 30.1. The monoisotopic (exact) mass is 558 g/mol. The van der Waals surface area contributed by atoms with Crippen LogP contribution in [0.4, 0.5) is 9.18 Å². The van der Waals surface area contributed by atoms with Crippen molar-refractivity contribution in [2.45, 2.75) is 44.7 Å². The zero-order valence-corrected chi connectivity index (χ0v) is 23.5. The van der Waals surface area contributed by atoms with Crippen molar-refractivity contribution in [1.82, 2.24) is 19.4 Å². The third-order valence-electron chi connectivity index (χ3n) is 7.12. The highest BCUT2D eigenvalue weighted by Crippen LogP contribution is 2.34. The van der Waals surface area contributed by atoms with Gasteiger partial charge in [-0.25, -0.2) is 22.4 Å². The number of ether oxygens (including phenoxy) is 1. The fourth-order valence-corrected chi connectivity index (χ4v) is 6.79. The number of esters is 1. The molecule has 0 unspecified atom stereocenters. The molecule has 0 saturated carbocycles. The molecule has 2 heterocycles. The topological polar surface area (TPSA) is 99.3 Å². The van der Waals surface area contributed by atoms with Gasteiger partial charge >= 0.3 is 12.0 Å². The first-order chi connectivity index (χ1) is 18.6. The van der Waals surface area contributed by atoms with Gasteiger partial charge in [0.25, 0.3) is 0 Å². The number of carbonyl (C=O) groups excluding carboxylic acids is 2. The third-order valence-corrected chi connectivity index (χ3v) is 9.15. The Morgan fingerprint density at radius 1 is 1.10 bits per heavy atom. The SMILES string of the molecule is CCOC(=O)C1=C(CN2CCN(S(=O)(=O)c3ccc(C)cc3)[C@H](C)C2)N(CC)C(=O)N[C@@H]1c1ccccc1F. The molecule has 0 radical (unpaired) electrons. The van der Waals surface area contributed by atoms with Gasteiger partial charge in [0.1, 0.15) is 5.82 Å². The molecule has 4 rings (SSSR count). The van der Waals surface area contributed by atoms with Crippen molar-refractivity contribution in [2.24, 2.45) is 0 Å². The van der Waals surface area contributed by atoms with Crippen LogP contribution < -0.4 is 5.32 Å². The summed E-state index contributed by atoms with van der Waals surface area (Å²) in [5, 5.41) is 2.77. The summed E-state index contributed by atoms with van der Waals surface area (Å²) in [5.41, 5.74) is 1.74. The molecule has 1 fully saturated rings. The summed E-state index contributed by atoms with van der Waals surface area (Å²) in [6.07, 6.45) is 0. The maximum absolute atomic E-state index is 14.8. The zero-order chi connectivity index (χ0) is 28.3. The van der Waals surface area contributed by atoms with Crippen LogP contribution in [0.2, 0.25) is 0 Å². The lowest BCUT2D eigenvalue weighted by Crippen LogP contribution is -2.56. The number of urea groups is 1. The van der Waals surface area contributed by atoms with Crippen molar-refractivity contribution >= 4 is 22.0 Å². The van der Waals surface area contributed by atoms with E-state index < -0.39 is 33.9 Å². The van der Waals surface area contributed by atoms with Gasteiger partial charge in [0.15, 0.2) is 0 Å². The lowest BCUT2D eigenvalue weighted by molar-refractivity contribution is -0.139. The van der Waals surface area contributed by atoms with Gasteiger partial charge in [-0.15, -0.1) is 0 Å². The van der Waals surface area contributed by atoms with Crippen LogP contribution >= 0.6 is 0 Å². The molecule has 2 amide bonds. The molecule has 0 bridgehead atoms. The molecule has 210 valence electrons. The first-order valence-electron chi connectivity index (χ1n) is 13.1. The summed E-state index contributed by atoms with van der Waals surface area (Å²) >= 11 is 0. The second kappa shape index (κ2) is 11.8. The molecular formula is C28H35FN4O5S. The Bertz CT molecular complexity index is 1360. The average molecular weight is 559 g/mol. The number of piperazine rings is 1. The second-order valence-electron chi connectivity index (χ2n) is 9.74. The molecule has 1 saturated heterocycles. The van der Waals surface area contributed by atoms with E-state index in [0.717, 1.165) is 5.56 Å². The van der Waals surface area contributed by atoms with E-state index in [2.05, 4.69) is 5.32 Å². The molecule has 2 aliphatic rings. The van der Waals surface area contributed by atoms with Crippen LogP contribution in [0.15, 0.2) is 64.7 Å². The minimum Gasteiger partial charge on any atom is -0.463 e. The van der Waals surface area contributed by atoms with Gasteiger partial charge in [0.05, 0.1) is 23.1 Å². The Labute approximate surface area is 229 Å². The van der Waals surface area contributed by atoms with Gasteiger partial charge < -0.3 is 10.1 Å². The fraction of sp³-hybridized carbons (Fsp3) is 0.429. The maximum atomic E-state index is 14.8. The van der Waals surface area contributed by atoms with Crippen LogP contribution in [-0.4, -0.2) is 79.9 Å². The van der Waals surface area contributed by atoms with Crippen LogP contribution in [0.1, 0.15) is 37.9 Å². The Balaban J connectivity index is 1.66. The van der Waals surface area contributed by atoms with Crippen LogP contribution in [0, 0.1) is 12.7 Å². The highest BCUT2D eigenvalue weighted by molar-refractivity contribution is 7.89. The number of likely N-dealkylation sites (N-methyl/N-ethyl adjacent to an activating group) is 1. The van der Waals surface area contributed by atoms with E-state index in [1.165, 1.54) is 21.3 Å². The number of amides is 2. The van der Waals surface area contributed by atoms with Crippen molar-refractivity contribution in [1.29, 1.82) is 0 Å². The van der Waals surface area contributed by atoms with Gasteiger partial charge in [0.2, 0.25) is 10.0 Å². The van der Waals surface area contributed by atoms with Crippen LogP contribution in [0.5, 0.6) is 0 Å². The highest BCUT2D eigenvalue weighted by Gasteiger charge is 2.40. The Morgan fingerprint density at radius 2 is 1.79 bits per heavy atom. The van der Waals surface area contributed by atoms with E-state index in [4.69, 9.17) is 4.74 Å². The fourth-order valence-electron chi connectivity index (χ4n) is 5.17. The van der Waals surface area contributed by atoms with E-state index in [9.17, 15) is 22.4 Å². The number of hydrogen-bond acceptors (Lipinski definition) is 6. The standard InChI is InChI=1S/C28H35FN4O5S/c1-5-32-24(25(27(34)38-6-2)26(30-28(32)35)22-9-7-8-10-23(22)29)18-31-15-16-33(20(4)17-31)39(36,37)21-13-11-19(3)12-14-21/h7-14,20,26H,5-6,15-18H2,1-4H3,(H,30,35)/t20-,26-/m1/s1. The molecule has 9 nitrogen and oxygen atoms in total. The van der Waals surface area contributed by atoms with Gasteiger partial charge in [-0.3, -0.25) is 9.80 Å². The molecule has 0 spiro atoms. The summed E-state index contributed by atoms with van der Waals surface area (Å²) in [6, 6.07) is 11.0. The lowest BCUT2D eigenvalue weighted by atomic mass is 9.93. The summed E-state index contributed by atoms with van der Waals surface area (Å²) in [7, 11) is -3.69. The molecular weight excluding hydrogens is 523 g/mol. The Kier molecular flexibility index (Phi) is 8.73. The second-order valence-corrected chi connectivity index (χ2v) is 11.6. The number of aryl methyl sites for hydroxylation is 1. The first-order valence-corrected chi connectivity index (χ1v) is 14.6. The average Bonchev–Trinajstić information content (AvgIpc) is 2.89. The number of benzene rings is 2. The summed E-state index contributed by atoms with van der Waals surface area (Å²) < 4.78 is 48.4. The van der Waals surface area contributed by atoms with E-state index in [1.807, 2.05) is 18.7 Å². The molecule has 0 aromatic heterocycles. The Morgan fingerprint density at radius 3 is 2.41 bits per heavy atom. The van der Waals surface area contributed by atoms with Crippen LogP contribution in [0.25, 0.3) is 0 Å². The number of sulfonamides is 1. The molecule has 11 heteroatoms. The number of nitrogens with zero attached hydrogens (tertiary/aromatic N) is 3. The normalized spacial score (nSPS) is 21.2. The molecule has 0 aliphatic carbocycles. The number of halogens is 1. The van der Waals surface area contributed by atoms with E-state index in [0.29, 0.717) is 18.8 Å². The first kappa shape index (κ1) is 28.7. The maximum Gasteiger partial charge on any atom is 0.338 e. The molecule has 1 N–H and O–H groups in total. The number of carbonyl (C=O) groups is 2. The lowest BCUT2D eigenvalue weighted by Gasteiger charge is -2.42. The molecule has 2 aromatic rings. The summed E-state index contributed by atoms with van der Waals surface area (Å²) in [6.45, 7) is 8.83. The zero-order valence-electron chi connectivity index (χ0n) is 22.7. The Hall–Kier alpha value is -3.28. The molecule has 2 atom stereocenters. The largest absolute Gasteiger partial charge is 0.463 e. The number of rotatable bonds is 8. The molecule has 2 aromatic carbocycles. The quantitative estimate of drug-likeness (QED) is 0.499. The van der Waals surface area contributed by atoms with Crippen LogP contribution in [0.3, 0.4) is 0 Å². The van der Waals surface area contributed by atoms with Crippen molar-refractivity contribution in [2.75, 3.05) is 39.3 Å². The van der Waals surface area contributed by atoms with E-state index in [1.54, 1.807) is 50.2 Å². The van der Waals surface area contributed by atoms with Gasteiger partial charge in [-0.1, -0.05) is 35.9 Å². The summed E-state index contributed by atoms with van der Waals surface area (Å²) in [5.74, 6) is -1.18. The van der Waals surface area contributed by atoms with Gasteiger partial charge in [0, 0.05) is 50.0 Å². The molecule has 39 heavy (non-hydrogen) atoms. The van der Waals surface area contributed by atoms with Crippen molar-refractivity contribution in [3.8, 4) is 0 Å². The van der Waals surface area contributed by atoms with E-state index in [-0.39, 0.29) is 48.3 Å². The highest BCUT2D eigenvalue weighted by atomic mass is 32.2. The predicted molar refractivity (Wildman–Crippen MR) is 145 cm³/mol. The van der Waals surface area contributed by atoms with Crippen molar-refractivity contribution in [3.05, 3.63) is 76.7 Å². The van der Waals surface area contributed by atoms with Gasteiger partial charge in [-0.05, 0) is 45.9 Å². The third kappa shape index (κ3) is 5.85. The minimum atomic E-state index is -3.69. The van der Waals surface area contributed by atoms with Gasteiger partial charge in [-0.2, -0.15) is 4.31 Å². The number of nitrogens with one attached hydrogen (secondary N) is 1. The predicted octanol–water partition coefficient (Wildman–Crippen LogP) is 3.43. The number of hydrogen-bond donors (Lipinski definition) is 1. The van der Waals surface area contributed by atoms with Crippen LogP contribution in [-0.2, 0) is 19.6 Å². The molecule has 2 aliphatic heterocycles. The smallest absolute Gasteiger partial charge is 0.338 e. The van der Waals surface area contributed by atoms with Crippen molar-refractivity contribution < 1.29 is 27.1 Å².